The molecule has 2 aliphatic carbocycles. The maximum absolute atomic E-state index is 13.9. The number of Topliss-reactive ketones (excluding diaryl/α,β-unsaturated/α-hetero) is 2. The van der Waals surface area contributed by atoms with E-state index in [2.05, 4.69) is 55.4 Å². The Bertz CT molecular complexity index is 1400. The molecule has 0 saturated heterocycles. The van der Waals surface area contributed by atoms with Crippen molar-refractivity contribution in [3.8, 4) is 11.5 Å². The van der Waals surface area contributed by atoms with E-state index in [0.717, 1.165) is 57.5 Å². The Kier molecular flexibility index (Phi) is 8.21. The third kappa shape index (κ3) is 5.87. The minimum absolute atomic E-state index is 0.126. The number of hydrogen-bond acceptors (Lipinski definition) is 5. The van der Waals surface area contributed by atoms with Crippen LogP contribution in [0.1, 0.15) is 84.3 Å². The van der Waals surface area contributed by atoms with Crippen molar-refractivity contribution in [3.05, 3.63) is 79.6 Å². The molecule has 1 aliphatic heterocycles. The largest absolute Gasteiger partial charge is 0.490 e. The van der Waals surface area contributed by atoms with Gasteiger partial charge in [-0.15, -0.1) is 0 Å². The van der Waals surface area contributed by atoms with Crippen molar-refractivity contribution in [1.29, 1.82) is 0 Å². The summed E-state index contributed by atoms with van der Waals surface area (Å²) in [6.07, 6.45) is 2.52. The molecule has 0 aromatic heterocycles. The summed E-state index contributed by atoms with van der Waals surface area (Å²) in [6, 6.07) is 11.5. The number of carbonyl (C=O) groups is 2. The number of benzene rings is 2. The summed E-state index contributed by atoms with van der Waals surface area (Å²) >= 11 is 9.80. The van der Waals surface area contributed by atoms with Crippen LogP contribution in [-0.2, 0) is 16.2 Å². The lowest BCUT2D eigenvalue weighted by Crippen LogP contribution is -2.44. The zero-order valence-corrected chi connectivity index (χ0v) is 27.2. The predicted octanol–water partition coefficient (Wildman–Crippen LogP) is 8.79. The predicted molar refractivity (Wildman–Crippen MR) is 166 cm³/mol. The highest BCUT2D eigenvalue weighted by atomic mass is 79.9. The van der Waals surface area contributed by atoms with E-state index >= 15 is 0 Å². The molecule has 0 N–H and O–H groups in total. The number of allylic oxidation sites excluding steroid dienone is 4. The highest BCUT2D eigenvalue weighted by Gasteiger charge is 2.48. The van der Waals surface area contributed by atoms with Crippen LogP contribution in [0, 0.1) is 10.8 Å². The minimum Gasteiger partial charge on any atom is -0.490 e. The molecule has 2 aromatic carbocycles. The van der Waals surface area contributed by atoms with E-state index in [4.69, 9.17) is 21.1 Å². The lowest BCUT2D eigenvalue weighted by Gasteiger charge is -2.49. The van der Waals surface area contributed by atoms with Crippen LogP contribution >= 0.6 is 27.5 Å². The Balaban J connectivity index is 1.65. The maximum atomic E-state index is 13.9. The topological polar surface area (TPSA) is 55.8 Å². The molecule has 0 atom stereocenters. The van der Waals surface area contributed by atoms with E-state index in [-0.39, 0.29) is 22.4 Å². The lowest BCUT2D eigenvalue weighted by atomic mass is 9.63. The summed E-state index contributed by atoms with van der Waals surface area (Å²) in [6.45, 7) is 14.2. The monoisotopic (exact) mass is 639 g/mol. The molecule has 41 heavy (non-hydrogen) atoms. The number of halogens is 2. The van der Waals surface area contributed by atoms with Crippen molar-refractivity contribution >= 4 is 39.1 Å². The molecule has 0 amide bonds. The smallest absolute Gasteiger partial charge is 0.175 e. The van der Waals surface area contributed by atoms with Crippen molar-refractivity contribution in [2.24, 2.45) is 10.8 Å². The zero-order chi connectivity index (χ0) is 29.7. The number of rotatable bonds is 7. The number of ketones is 2. The summed E-state index contributed by atoms with van der Waals surface area (Å²) < 4.78 is 13.1. The highest BCUT2D eigenvalue weighted by molar-refractivity contribution is 9.10. The van der Waals surface area contributed by atoms with Gasteiger partial charge in [-0.1, -0.05) is 51.4 Å². The number of carbonyl (C=O) groups excluding carboxylic acids is 2. The zero-order valence-electron chi connectivity index (χ0n) is 24.8. The second-order valence-electron chi connectivity index (χ2n) is 13.0. The van der Waals surface area contributed by atoms with Gasteiger partial charge in [-0.2, -0.15) is 0 Å². The van der Waals surface area contributed by atoms with Crippen LogP contribution in [0.2, 0.25) is 5.02 Å². The number of ether oxygens (including phenoxy) is 2. The maximum Gasteiger partial charge on any atom is 0.175 e. The van der Waals surface area contributed by atoms with Crippen molar-refractivity contribution < 1.29 is 19.1 Å². The molecule has 0 radical (unpaired) electrons. The molecule has 2 aromatic rings. The molecule has 5 rings (SSSR count). The molecule has 0 bridgehead atoms. The first kappa shape index (κ1) is 29.9. The summed E-state index contributed by atoms with van der Waals surface area (Å²) in [7, 11) is 0. The molecule has 0 saturated carbocycles. The lowest BCUT2D eigenvalue weighted by molar-refractivity contribution is -0.119. The molecule has 0 spiro atoms. The fourth-order valence-electron chi connectivity index (χ4n) is 6.66. The Hall–Kier alpha value is -2.57. The van der Waals surface area contributed by atoms with E-state index < -0.39 is 5.92 Å². The van der Waals surface area contributed by atoms with Gasteiger partial charge in [-0.05, 0) is 88.8 Å². The van der Waals surface area contributed by atoms with Crippen LogP contribution in [0.3, 0.4) is 0 Å². The van der Waals surface area contributed by atoms with Crippen LogP contribution in [0.4, 0.5) is 0 Å². The van der Waals surface area contributed by atoms with Crippen LogP contribution < -0.4 is 9.47 Å². The fraction of sp³-hybridized carbons (Fsp3) is 0.471. The number of hydrogen-bond donors (Lipinski definition) is 0. The van der Waals surface area contributed by atoms with Gasteiger partial charge < -0.3 is 14.4 Å². The molecule has 218 valence electrons. The Labute approximate surface area is 257 Å². The molecule has 3 aliphatic rings. The third-order valence-electron chi connectivity index (χ3n) is 8.30. The van der Waals surface area contributed by atoms with Crippen molar-refractivity contribution in [2.75, 3.05) is 13.2 Å². The molecule has 0 fully saturated rings. The van der Waals surface area contributed by atoms with Crippen LogP contribution in [-0.4, -0.2) is 29.6 Å². The average molecular weight is 641 g/mol. The first-order valence-electron chi connectivity index (χ1n) is 14.5. The summed E-state index contributed by atoms with van der Waals surface area (Å²) in [4.78, 5) is 30.2. The van der Waals surface area contributed by atoms with Crippen molar-refractivity contribution in [3.63, 3.8) is 0 Å². The quantitative estimate of drug-likeness (QED) is 0.303. The average Bonchev–Trinajstić information content (AvgIpc) is 2.87. The van der Waals surface area contributed by atoms with Crippen molar-refractivity contribution in [1.82, 2.24) is 4.90 Å². The molecule has 1 heterocycles. The van der Waals surface area contributed by atoms with Gasteiger partial charge in [0.2, 0.25) is 0 Å². The van der Waals surface area contributed by atoms with Crippen LogP contribution in [0.15, 0.2) is 63.4 Å². The van der Waals surface area contributed by atoms with Crippen LogP contribution in [0.25, 0.3) is 0 Å². The Morgan fingerprint density at radius 3 is 1.95 bits per heavy atom. The standard InChI is InChI=1S/C34H39BrClNO4/c1-7-37-24-15-33(3,4)17-26(38)30(24)29(31-25(37)16-34(5,6)18-27(31)39)21-13-23(35)32(28(14-21)40-8-2)41-19-20-9-11-22(36)12-10-20/h9-14,29H,7-8,15-19H2,1-6H3. The van der Waals surface area contributed by atoms with Gasteiger partial charge in [0.1, 0.15) is 6.61 Å². The molecule has 5 nitrogen and oxygen atoms in total. The normalized spacial score (nSPS) is 20.2. The molecular formula is C34H39BrClNO4. The summed E-state index contributed by atoms with van der Waals surface area (Å²) in [5, 5.41) is 0.673. The van der Waals surface area contributed by atoms with Gasteiger partial charge in [0.15, 0.2) is 23.1 Å². The van der Waals surface area contributed by atoms with Gasteiger partial charge in [0, 0.05) is 52.9 Å². The minimum atomic E-state index is -0.434. The summed E-state index contributed by atoms with van der Waals surface area (Å²) in [5.74, 6) is 0.991. The first-order chi connectivity index (χ1) is 19.3. The van der Waals surface area contributed by atoms with Gasteiger partial charge in [-0.25, -0.2) is 0 Å². The van der Waals surface area contributed by atoms with E-state index in [1.807, 2.05) is 43.3 Å². The molecule has 7 heteroatoms. The second-order valence-corrected chi connectivity index (χ2v) is 14.2. The first-order valence-corrected chi connectivity index (χ1v) is 15.6. The Morgan fingerprint density at radius 1 is 0.878 bits per heavy atom. The second kappa shape index (κ2) is 11.3. The van der Waals surface area contributed by atoms with Gasteiger partial charge in [0.25, 0.3) is 0 Å². The van der Waals surface area contributed by atoms with E-state index in [1.54, 1.807) is 0 Å². The SMILES string of the molecule is CCOc1cc(C2C3=C(CC(C)(C)CC3=O)N(CC)C3=C2C(=O)CC(C)(C)C3)cc(Br)c1OCc1ccc(Cl)cc1. The third-order valence-corrected chi connectivity index (χ3v) is 9.14. The van der Waals surface area contributed by atoms with E-state index in [1.165, 1.54) is 0 Å². The van der Waals surface area contributed by atoms with E-state index in [9.17, 15) is 9.59 Å². The summed E-state index contributed by atoms with van der Waals surface area (Å²) in [5.41, 5.74) is 5.24. The van der Waals surface area contributed by atoms with Crippen LogP contribution in [0.5, 0.6) is 11.5 Å². The van der Waals surface area contributed by atoms with Gasteiger partial charge in [0.05, 0.1) is 11.1 Å². The Morgan fingerprint density at radius 2 is 1.44 bits per heavy atom. The molecular weight excluding hydrogens is 602 g/mol. The molecule has 0 unspecified atom stereocenters. The van der Waals surface area contributed by atoms with E-state index in [0.29, 0.717) is 42.6 Å². The fourth-order valence-corrected chi connectivity index (χ4v) is 7.36. The van der Waals surface area contributed by atoms with Gasteiger partial charge >= 0.3 is 0 Å². The van der Waals surface area contributed by atoms with Gasteiger partial charge in [-0.3, -0.25) is 9.59 Å². The highest BCUT2D eigenvalue weighted by Crippen LogP contribution is 2.55. The van der Waals surface area contributed by atoms with Crippen molar-refractivity contribution in [2.45, 2.75) is 79.8 Å². The number of nitrogens with zero attached hydrogens (tertiary/aromatic N) is 1.